The largest absolute Gasteiger partial charge is 0.478 e. The predicted molar refractivity (Wildman–Crippen MR) is 58.1 cm³/mol. The number of aliphatic hydroxyl groups excluding tert-OH is 1. The first-order chi connectivity index (χ1) is 7.83. The summed E-state index contributed by atoms with van der Waals surface area (Å²) in [4.78, 5) is 14.1. The molecule has 0 aromatic carbocycles. The molecule has 7 nitrogen and oxygen atoms in total. The second-order valence-electron chi connectivity index (χ2n) is 3.39. The van der Waals surface area contributed by atoms with Crippen LogP contribution in [0.2, 0.25) is 0 Å². The number of aromatic nitrogens is 1. The summed E-state index contributed by atoms with van der Waals surface area (Å²) in [5.41, 5.74) is -0.0977. The maximum absolute atomic E-state index is 11.6. The fourth-order valence-electron chi connectivity index (χ4n) is 0.970. The Labute approximate surface area is 98.2 Å². The Kier molecular flexibility index (Phi) is 4.16. The molecule has 0 saturated carbocycles. The van der Waals surface area contributed by atoms with E-state index >= 15 is 0 Å². The third-order valence-electron chi connectivity index (χ3n) is 1.83. The van der Waals surface area contributed by atoms with Gasteiger partial charge in [0.05, 0.1) is 11.7 Å². The SMILES string of the molecule is CC(O)CNS(=O)(=O)c1ccc(C(=O)O)cn1. The summed E-state index contributed by atoms with van der Waals surface area (Å²) >= 11 is 0. The fourth-order valence-corrected chi connectivity index (χ4v) is 2.02. The minimum absolute atomic E-state index is 0.0977. The molecule has 1 aromatic rings. The van der Waals surface area contributed by atoms with Crippen molar-refractivity contribution >= 4 is 16.0 Å². The summed E-state index contributed by atoms with van der Waals surface area (Å²) in [6.45, 7) is 1.30. The molecule has 0 aliphatic carbocycles. The number of hydrogen-bond acceptors (Lipinski definition) is 5. The molecular formula is C9H12N2O5S. The Morgan fingerprint density at radius 1 is 1.53 bits per heavy atom. The van der Waals surface area contributed by atoms with Gasteiger partial charge in [0.1, 0.15) is 0 Å². The Morgan fingerprint density at radius 3 is 2.59 bits per heavy atom. The monoisotopic (exact) mass is 260 g/mol. The summed E-state index contributed by atoms with van der Waals surface area (Å²) in [5.74, 6) is -1.18. The molecular weight excluding hydrogens is 248 g/mol. The number of nitrogens with one attached hydrogen (secondary N) is 1. The molecule has 1 unspecified atom stereocenters. The number of carbonyl (C=O) groups is 1. The van der Waals surface area contributed by atoms with Crippen LogP contribution in [0.5, 0.6) is 0 Å². The Morgan fingerprint density at radius 2 is 2.18 bits per heavy atom. The molecule has 1 atom stereocenters. The van der Waals surface area contributed by atoms with Crippen LogP contribution in [-0.4, -0.2) is 42.2 Å². The molecule has 0 saturated heterocycles. The summed E-state index contributed by atoms with van der Waals surface area (Å²) in [5, 5.41) is 17.3. The lowest BCUT2D eigenvalue weighted by molar-refractivity contribution is 0.0696. The van der Waals surface area contributed by atoms with Crippen LogP contribution >= 0.6 is 0 Å². The van der Waals surface area contributed by atoms with E-state index in [4.69, 9.17) is 10.2 Å². The summed E-state index contributed by atoms with van der Waals surface area (Å²) in [6.07, 6.45) is 0.141. The Bertz CT molecular complexity index is 495. The molecule has 0 radical (unpaired) electrons. The van der Waals surface area contributed by atoms with E-state index < -0.39 is 22.1 Å². The van der Waals surface area contributed by atoms with E-state index in [2.05, 4.69) is 9.71 Å². The maximum Gasteiger partial charge on any atom is 0.337 e. The number of aliphatic hydroxyl groups is 1. The van der Waals surface area contributed by atoms with Gasteiger partial charge in [0.25, 0.3) is 10.0 Å². The van der Waals surface area contributed by atoms with Crippen LogP contribution < -0.4 is 4.72 Å². The highest BCUT2D eigenvalue weighted by molar-refractivity contribution is 7.89. The molecule has 0 spiro atoms. The minimum atomic E-state index is -3.81. The van der Waals surface area contributed by atoms with E-state index in [1.54, 1.807) is 0 Å². The van der Waals surface area contributed by atoms with Gasteiger partial charge in [0.15, 0.2) is 5.03 Å². The topological polar surface area (TPSA) is 117 Å². The molecule has 0 aliphatic rings. The summed E-state index contributed by atoms with van der Waals surface area (Å²) in [6, 6.07) is 2.24. The molecule has 0 bridgehead atoms. The van der Waals surface area contributed by atoms with E-state index in [0.29, 0.717) is 0 Å². The quantitative estimate of drug-likeness (QED) is 0.653. The standard InChI is InChI=1S/C9H12N2O5S/c1-6(12)4-11-17(15,16)8-3-2-7(5-10-8)9(13)14/h2-3,5-6,11-12H,4H2,1H3,(H,13,14). The zero-order valence-electron chi connectivity index (χ0n) is 8.99. The smallest absolute Gasteiger partial charge is 0.337 e. The average Bonchev–Trinajstić information content (AvgIpc) is 2.27. The zero-order chi connectivity index (χ0) is 13.1. The van der Waals surface area contributed by atoms with Crippen molar-refractivity contribution in [2.75, 3.05) is 6.54 Å². The lowest BCUT2D eigenvalue weighted by Gasteiger charge is -2.07. The van der Waals surface area contributed by atoms with Gasteiger partial charge in [-0.25, -0.2) is 22.9 Å². The minimum Gasteiger partial charge on any atom is -0.478 e. The van der Waals surface area contributed by atoms with Crippen molar-refractivity contribution < 1.29 is 23.4 Å². The van der Waals surface area contributed by atoms with Crippen LogP contribution in [0.15, 0.2) is 23.4 Å². The van der Waals surface area contributed by atoms with Crippen molar-refractivity contribution in [2.45, 2.75) is 18.1 Å². The lowest BCUT2D eigenvalue weighted by Crippen LogP contribution is -2.31. The molecule has 1 heterocycles. The second-order valence-corrected chi connectivity index (χ2v) is 5.11. The molecule has 1 aromatic heterocycles. The van der Waals surface area contributed by atoms with Gasteiger partial charge in [-0.3, -0.25) is 0 Å². The van der Waals surface area contributed by atoms with Gasteiger partial charge >= 0.3 is 5.97 Å². The van der Waals surface area contributed by atoms with Gasteiger partial charge in [0.2, 0.25) is 0 Å². The van der Waals surface area contributed by atoms with E-state index in [-0.39, 0.29) is 17.1 Å². The maximum atomic E-state index is 11.6. The van der Waals surface area contributed by atoms with Gasteiger partial charge in [-0.2, -0.15) is 0 Å². The van der Waals surface area contributed by atoms with Crippen molar-refractivity contribution in [3.05, 3.63) is 23.9 Å². The molecule has 17 heavy (non-hydrogen) atoms. The molecule has 0 fully saturated rings. The number of hydrogen-bond donors (Lipinski definition) is 3. The van der Waals surface area contributed by atoms with Gasteiger partial charge in [-0.15, -0.1) is 0 Å². The fraction of sp³-hybridized carbons (Fsp3) is 0.333. The number of carboxylic acids is 1. The first-order valence-corrected chi connectivity index (χ1v) is 6.18. The average molecular weight is 260 g/mol. The second kappa shape index (κ2) is 5.21. The van der Waals surface area contributed by atoms with Gasteiger partial charge in [-0.1, -0.05) is 0 Å². The number of pyridine rings is 1. The van der Waals surface area contributed by atoms with Gasteiger partial charge < -0.3 is 10.2 Å². The number of rotatable bonds is 5. The van der Waals surface area contributed by atoms with Crippen LogP contribution in [-0.2, 0) is 10.0 Å². The van der Waals surface area contributed by atoms with Crippen molar-refractivity contribution in [2.24, 2.45) is 0 Å². The number of carboxylic acid groups (broad SMARTS) is 1. The molecule has 0 amide bonds. The first-order valence-electron chi connectivity index (χ1n) is 4.70. The third-order valence-corrected chi connectivity index (χ3v) is 3.17. The van der Waals surface area contributed by atoms with Crippen LogP contribution in [0.3, 0.4) is 0 Å². The normalized spacial score (nSPS) is 13.3. The highest BCUT2D eigenvalue weighted by Gasteiger charge is 2.16. The third kappa shape index (κ3) is 3.77. The van der Waals surface area contributed by atoms with E-state index in [1.807, 2.05) is 0 Å². The van der Waals surface area contributed by atoms with Gasteiger partial charge in [0, 0.05) is 12.7 Å². The highest BCUT2D eigenvalue weighted by atomic mass is 32.2. The molecule has 8 heteroatoms. The molecule has 94 valence electrons. The van der Waals surface area contributed by atoms with Crippen LogP contribution in [0.25, 0.3) is 0 Å². The molecule has 3 N–H and O–H groups in total. The van der Waals surface area contributed by atoms with Crippen LogP contribution in [0.1, 0.15) is 17.3 Å². The van der Waals surface area contributed by atoms with Crippen molar-refractivity contribution in [3.8, 4) is 0 Å². The summed E-state index contributed by atoms with van der Waals surface area (Å²) < 4.78 is 25.3. The van der Waals surface area contributed by atoms with Crippen molar-refractivity contribution in [1.29, 1.82) is 0 Å². The van der Waals surface area contributed by atoms with E-state index in [9.17, 15) is 13.2 Å². The van der Waals surface area contributed by atoms with E-state index in [1.165, 1.54) is 6.92 Å². The lowest BCUT2D eigenvalue weighted by atomic mass is 10.3. The highest BCUT2D eigenvalue weighted by Crippen LogP contribution is 2.06. The predicted octanol–water partition coefficient (Wildman–Crippen LogP) is -0.561. The van der Waals surface area contributed by atoms with Crippen LogP contribution in [0.4, 0.5) is 0 Å². The molecule has 0 aliphatic heterocycles. The van der Waals surface area contributed by atoms with Crippen molar-refractivity contribution in [1.82, 2.24) is 9.71 Å². The first kappa shape index (κ1) is 13.6. The number of nitrogens with zero attached hydrogens (tertiary/aromatic N) is 1. The zero-order valence-corrected chi connectivity index (χ0v) is 9.81. The Balaban J connectivity index is 2.89. The number of sulfonamides is 1. The summed E-state index contributed by atoms with van der Waals surface area (Å²) in [7, 11) is -3.81. The number of aromatic carboxylic acids is 1. The molecule has 1 rings (SSSR count). The van der Waals surface area contributed by atoms with Crippen molar-refractivity contribution in [3.63, 3.8) is 0 Å². The van der Waals surface area contributed by atoms with E-state index in [0.717, 1.165) is 18.3 Å². The Hall–Kier alpha value is -1.51. The van der Waals surface area contributed by atoms with Crippen LogP contribution in [0, 0.1) is 0 Å². The van der Waals surface area contributed by atoms with Gasteiger partial charge in [-0.05, 0) is 19.1 Å².